The molecule has 0 fully saturated rings. The van der Waals surface area contributed by atoms with Crippen LogP contribution in [0.5, 0.6) is 5.75 Å². The molecule has 0 aliphatic carbocycles. The molecule has 158 valence electrons. The van der Waals surface area contributed by atoms with E-state index in [1.807, 2.05) is 13.0 Å². The minimum Gasteiger partial charge on any atom is -0.485 e. The lowest BCUT2D eigenvalue weighted by molar-refractivity contribution is -0.165. The summed E-state index contributed by atoms with van der Waals surface area (Å²) in [6.45, 7) is 10.3. The number of rotatable bonds is 7. The second kappa shape index (κ2) is 8.66. The van der Waals surface area contributed by atoms with Crippen LogP contribution in [-0.2, 0) is 16.1 Å². The van der Waals surface area contributed by atoms with Gasteiger partial charge in [-0.15, -0.1) is 0 Å². The van der Waals surface area contributed by atoms with Crippen LogP contribution >= 0.6 is 0 Å². The molecule has 0 saturated carbocycles. The maximum Gasteiger partial charge on any atom is 0.132 e. The summed E-state index contributed by atoms with van der Waals surface area (Å²) in [5, 5.41) is 5.84. The summed E-state index contributed by atoms with van der Waals surface area (Å²) < 4.78 is 19.1. The lowest BCUT2D eigenvalue weighted by Gasteiger charge is -2.44. The van der Waals surface area contributed by atoms with Gasteiger partial charge in [0.15, 0.2) is 0 Å². The fourth-order valence-electron chi connectivity index (χ4n) is 4.21. The van der Waals surface area contributed by atoms with Crippen molar-refractivity contribution in [2.24, 2.45) is 0 Å². The van der Waals surface area contributed by atoms with Crippen LogP contribution in [0.2, 0.25) is 0 Å². The summed E-state index contributed by atoms with van der Waals surface area (Å²) in [6, 6.07) is 21.1. The van der Waals surface area contributed by atoms with Gasteiger partial charge in [-0.3, -0.25) is 0 Å². The van der Waals surface area contributed by atoms with Crippen molar-refractivity contribution in [1.82, 2.24) is 0 Å². The third-order valence-corrected chi connectivity index (χ3v) is 5.62. The highest BCUT2D eigenvalue weighted by Crippen LogP contribution is 2.44. The van der Waals surface area contributed by atoms with Gasteiger partial charge in [0.25, 0.3) is 0 Å². The van der Waals surface area contributed by atoms with E-state index in [4.69, 9.17) is 14.2 Å². The Morgan fingerprint density at radius 1 is 0.933 bits per heavy atom. The molecule has 4 nitrogen and oxygen atoms in total. The molecule has 0 aromatic heterocycles. The topological polar surface area (TPSA) is 39.7 Å². The maximum absolute atomic E-state index is 6.48. The summed E-state index contributed by atoms with van der Waals surface area (Å²) >= 11 is 0. The van der Waals surface area contributed by atoms with Gasteiger partial charge in [-0.25, -0.2) is 0 Å². The first kappa shape index (κ1) is 20.7. The fourth-order valence-corrected chi connectivity index (χ4v) is 4.21. The number of anilines is 1. The molecule has 0 saturated heterocycles. The summed E-state index contributed by atoms with van der Waals surface area (Å²) in [4.78, 5) is 0. The average molecular weight is 406 g/mol. The van der Waals surface area contributed by atoms with E-state index in [2.05, 4.69) is 80.7 Å². The van der Waals surface area contributed by atoms with Gasteiger partial charge < -0.3 is 19.5 Å². The highest BCUT2D eigenvalue weighted by molar-refractivity contribution is 5.82. The van der Waals surface area contributed by atoms with Crippen LogP contribution in [0.3, 0.4) is 0 Å². The molecule has 30 heavy (non-hydrogen) atoms. The van der Waals surface area contributed by atoms with Crippen molar-refractivity contribution < 1.29 is 14.2 Å². The molecule has 3 aromatic rings. The Hall–Kier alpha value is -2.56. The Morgan fingerprint density at radius 3 is 2.50 bits per heavy atom. The number of hydrogen-bond donors (Lipinski definition) is 1. The standard InChI is InChI=1S/C26H31NO3/c1-5-27-21-13-14-23-22(16-21)24(28-6-2)25(26(3,4)30-23)29-17-18-11-12-19-9-7-8-10-20(19)15-18/h7-16,24-25,27H,5-6,17H2,1-4H3. The molecule has 0 radical (unpaired) electrons. The molecule has 4 heteroatoms. The molecule has 0 bridgehead atoms. The minimum atomic E-state index is -0.511. The number of benzene rings is 3. The normalized spacial score (nSPS) is 19.9. The fraction of sp³-hybridized carbons (Fsp3) is 0.385. The Kier molecular flexibility index (Phi) is 5.98. The van der Waals surface area contributed by atoms with Crippen molar-refractivity contribution in [2.75, 3.05) is 18.5 Å². The Bertz CT molecular complexity index is 1010. The molecule has 0 amide bonds. The summed E-state index contributed by atoms with van der Waals surface area (Å²) in [5.74, 6) is 0.866. The molecule has 0 spiro atoms. The van der Waals surface area contributed by atoms with E-state index in [9.17, 15) is 0 Å². The highest BCUT2D eigenvalue weighted by atomic mass is 16.6. The van der Waals surface area contributed by atoms with E-state index < -0.39 is 5.60 Å². The van der Waals surface area contributed by atoms with Crippen LogP contribution < -0.4 is 10.1 Å². The molecule has 2 unspecified atom stereocenters. The summed E-state index contributed by atoms with van der Waals surface area (Å²) in [6.07, 6.45) is -0.416. The third-order valence-electron chi connectivity index (χ3n) is 5.62. The van der Waals surface area contributed by atoms with Crippen molar-refractivity contribution in [3.63, 3.8) is 0 Å². The highest BCUT2D eigenvalue weighted by Gasteiger charge is 2.45. The van der Waals surface area contributed by atoms with Gasteiger partial charge in [0.2, 0.25) is 0 Å². The van der Waals surface area contributed by atoms with Crippen molar-refractivity contribution in [1.29, 1.82) is 0 Å². The molecule has 2 atom stereocenters. The molecular formula is C26H31NO3. The average Bonchev–Trinajstić information content (AvgIpc) is 2.73. The van der Waals surface area contributed by atoms with E-state index >= 15 is 0 Å². The van der Waals surface area contributed by atoms with Crippen molar-refractivity contribution in [3.8, 4) is 5.75 Å². The van der Waals surface area contributed by atoms with Gasteiger partial charge >= 0.3 is 0 Å². The van der Waals surface area contributed by atoms with Gasteiger partial charge in [0.05, 0.1) is 6.61 Å². The zero-order valence-corrected chi connectivity index (χ0v) is 18.3. The molecule has 3 aromatic carbocycles. The van der Waals surface area contributed by atoms with E-state index in [-0.39, 0.29) is 12.2 Å². The lowest BCUT2D eigenvalue weighted by Crippen LogP contribution is -2.51. The third kappa shape index (κ3) is 4.16. The number of ether oxygens (including phenoxy) is 3. The second-order valence-electron chi connectivity index (χ2n) is 8.28. The monoisotopic (exact) mass is 405 g/mol. The lowest BCUT2D eigenvalue weighted by atomic mass is 9.87. The van der Waals surface area contributed by atoms with E-state index in [1.165, 1.54) is 10.8 Å². The number of nitrogens with one attached hydrogen (secondary N) is 1. The zero-order chi connectivity index (χ0) is 21.1. The predicted octanol–water partition coefficient (Wildman–Crippen LogP) is 6.11. The minimum absolute atomic E-state index is 0.187. The van der Waals surface area contributed by atoms with Crippen LogP contribution in [0.4, 0.5) is 5.69 Å². The van der Waals surface area contributed by atoms with Crippen LogP contribution in [0.1, 0.15) is 44.9 Å². The van der Waals surface area contributed by atoms with Crippen LogP contribution in [0.25, 0.3) is 10.8 Å². The van der Waals surface area contributed by atoms with E-state index in [1.54, 1.807) is 0 Å². The molecular weight excluding hydrogens is 374 g/mol. The maximum atomic E-state index is 6.48. The largest absolute Gasteiger partial charge is 0.485 e. The molecule has 1 heterocycles. The number of fused-ring (bicyclic) bond motifs is 2. The van der Waals surface area contributed by atoms with Gasteiger partial charge in [0.1, 0.15) is 23.6 Å². The Morgan fingerprint density at radius 2 is 1.73 bits per heavy atom. The Balaban J connectivity index is 1.61. The SMILES string of the molecule is CCNc1ccc2c(c1)C(OCC)C(OCc1ccc3ccccc3c1)C(C)(C)O2. The summed E-state index contributed by atoms with van der Waals surface area (Å²) in [5.41, 5.74) is 2.74. The first-order valence-electron chi connectivity index (χ1n) is 10.8. The van der Waals surface area contributed by atoms with Gasteiger partial charge in [-0.1, -0.05) is 36.4 Å². The zero-order valence-electron chi connectivity index (χ0n) is 18.3. The van der Waals surface area contributed by atoms with Gasteiger partial charge in [-0.2, -0.15) is 0 Å². The second-order valence-corrected chi connectivity index (χ2v) is 8.28. The van der Waals surface area contributed by atoms with E-state index in [0.29, 0.717) is 13.2 Å². The van der Waals surface area contributed by atoms with Gasteiger partial charge in [0, 0.05) is 24.4 Å². The van der Waals surface area contributed by atoms with Crippen LogP contribution in [-0.4, -0.2) is 24.9 Å². The predicted molar refractivity (Wildman–Crippen MR) is 122 cm³/mol. The van der Waals surface area contributed by atoms with Crippen LogP contribution in [0.15, 0.2) is 60.7 Å². The first-order chi connectivity index (χ1) is 14.5. The van der Waals surface area contributed by atoms with Crippen LogP contribution in [0, 0.1) is 0 Å². The molecule has 1 aliphatic rings. The quantitative estimate of drug-likeness (QED) is 0.515. The molecule has 1 N–H and O–H groups in total. The molecule has 1 aliphatic heterocycles. The molecule has 4 rings (SSSR count). The van der Waals surface area contributed by atoms with Crippen molar-refractivity contribution in [3.05, 3.63) is 71.8 Å². The van der Waals surface area contributed by atoms with Crippen molar-refractivity contribution in [2.45, 2.75) is 52.1 Å². The smallest absolute Gasteiger partial charge is 0.132 e. The number of hydrogen-bond acceptors (Lipinski definition) is 4. The first-order valence-corrected chi connectivity index (χ1v) is 10.8. The summed E-state index contributed by atoms with van der Waals surface area (Å²) in [7, 11) is 0. The van der Waals surface area contributed by atoms with Gasteiger partial charge in [-0.05, 0) is 68.3 Å². The van der Waals surface area contributed by atoms with Crippen molar-refractivity contribution >= 4 is 16.5 Å². The van der Waals surface area contributed by atoms with E-state index in [0.717, 1.165) is 29.1 Å². The Labute approximate surface area is 179 Å².